The molecule has 1 rings (SSSR count). The van der Waals surface area contributed by atoms with Gasteiger partial charge in [0.1, 0.15) is 5.94 Å². The molecule has 0 bridgehead atoms. The van der Waals surface area contributed by atoms with Crippen molar-refractivity contribution < 1.29 is 18.0 Å². The zero-order valence-electron chi connectivity index (χ0n) is 7.35. The van der Waals surface area contributed by atoms with Gasteiger partial charge in [0.2, 0.25) is 0 Å². The van der Waals surface area contributed by atoms with Gasteiger partial charge in [0.25, 0.3) is 0 Å². The van der Waals surface area contributed by atoms with Crippen molar-refractivity contribution >= 4 is 11.5 Å². The smallest absolute Gasteiger partial charge is 0.233 e. The van der Waals surface area contributed by atoms with Gasteiger partial charge in [0.05, 0.1) is 5.56 Å². The molecule has 1 aromatic carbocycles. The Hall–Kier alpha value is -1.54. The van der Waals surface area contributed by atoms with E-state index >= 15 is 0 Å². The van der Waals surface area contributed by atoms with E-state index in [1.807, 2.05) is 0 Å². The van der Waals surface area contributed by atoms with Gasteiger partial charge < -0.3 is 0 Å². The largest absolute Gasteiger partial charge is 0.416 e. The minimum absolute atomic E-state index is 0.163. The Labute approximate surface area is 78.9 Å². The summed E-state index contributed by atoms with van der Waals surface area (Å²) in [5, 5.41) is 0. The van der Waals surface area contributed by atoms with Crippen molar-refractivity contribution in [2.24, 2.45) is 0 Å². The molecule has 0 amide bonds. The monoisotopic (exact) mass is 200 g/mol. The van der Waals surface area contributed by atoms with Crippen LogP contribution in [-0.2, 0) is 11.0 Å². The summed E-state index contributed by atoms with van der Waals surface area (Å²) >= 11 is 0. The van der Waals surface area contributed by atoms with Gasteiger partial charge >= 0.3 is 6.18 Å². The standard InChI is InChI=1S/C10H7F3O/c1-7(6-14)8-3-2-4-9(5-8)10(11,12)13/h2-5H,1H3. The highest BCUT2D eigenvalue weighted by Gasteiger charge is 2.30. The van der Waals surface area contributed by atoms with E-state index in [1.54, 1.807) is 5.94 Å². The van der Waals surface area contributed by atoms with Crippen LogP contribution >= 0.6 is 0 Å². The molecule has 0 saturated carbocycles. The molecule has 1 aromatic rings. The third-order valence-corrected chi connectivity index (χ3v) is 1.78. The van der Waals surface area contributed by atoms with Gasteiger partial charge in [-0.05, 0) is 24.6 Å². The third-order valence-electron chi connectivity index (χ3n) is 1.78. The number of rotatable bonds is 1. The lowest BCUT2D eigenvalue weighted by Crippen LogP contribution is -2.04. The molecule has 0 aliphatic heterocycles. The van der Waals surface area contributed by atoms with E-state index in [2.05, 4.69) is 0 Å². The number of carbonyl (C=O) groups excluding carboxylic acids is 1. The van der Waals surface area contributed by atoms with Gasteiger partial charge in [0.15, 0.2) is 0 Å². The van der Waals surface area contributed by atoms with Gasteiger partial charge in [-0.3, -0.25) is 0 Å². The molecule has 1 nitrogen and oxygen atoms in total. The molecule has 0 aliphatic carbocycles. The van der Waals surface area contributed by atoms with Crippen LogP contribution < -0.4 is 0 Å². The van der Waals surface area contributed by atoms with E-state index in [9.17, 15) is 18.0 Å². The second kappa shape index (κ2) is 3.68. The molecular weight excluding hydrogens is 193 g/mol. The van der Waals surface area contributed by atoms with Crippen LogP contribution in [0.15, 0.2) is 24.3 Å². The maximum absolute atomic E-state index is 12.2. The lowest BCUT2D eigenvalue weighted by atomic mass is 10.1. The summed E-state index contributed by atoms with van der Waals surface area (Å²) in [5.41, 5.74) is -0.351. The Morgan fingerprint density at radius 3 is 2.50 bits per heavy atom. The topological polar surface area (TPSA) is 17.1 Å². The zero-order valence-corrected chi connectivity index (χ0v) is 7.35. The fraction of sp³-hybridized carbons (Fsp3) is 0.200. The van der Waals surface area contributed by atoms with Crippen molar-refractivity contribution in [3.05, 3.63) is 35.4 Å². The molecule has 0 fully saturated rings. The average molecular weight is 200 g/mol. The highest BCUT2D eigenvalue weighted by Crippen LogP contribution is 2.30. The molecule has 14 heavy (non-hydrogen) atoms. The summed E-state index contributed by atoms with van der Waals surface area (Å²) in [5.74, 6) is 1.56. The summed E-state index contributed by atoms with van der Waals surface area (Å²) in [4.78, 5) is 10.2. The van der Waals surface area contributed by atoms with Crippen molar-refractivity contribution in [1.29, 1.82) is 0 Å². The summed E-state index contributed by atoms with van der Waals surface area (Å²) < 4.78 is 36.7. The van der Waals surface area contributed by atoms with Crippen LogP contribution in [-0.4, -0.2) is 5.94 Å². The molecule has 74 valence electrons. The van der Waals surface area contributed by atoms with Crippen molar-refractivity contribution in [3.63, 3.8) is 0 Å². The van der Waals surface area contributed by atoms with Gasteiger partial charge in [0, 0.05) is 5.57 Å². The first kappa shape index (κ1) is 10.5. The molecule has 0 aliphatic rings. The van der Waals surface area contributed by atoms with Crippen molar-refractivity contribution in [2.75, 3.05) is 0 Å². The van der Waals surface area contributed by atoms with Crippen LogP contribution in [0.5, 0.6) is 0 Å². The minimum Gasteiger partial charge on any atom is -0.233 e. The Morgan fingerprint density at radius 1 is 1.36 bits per heavy atom. The Bertz CT molecular complexity index is 387. The molecule has 0 spiro atoms. The minimum atomic E-state index is -4.38. The van der Waals surface area contributed by atoms with E-state index in [0.29, 0.717) is 0 Å². The first-order chi connectivity index (χ1) is 6.45. The van der Waals surface area contributed by atoms with Crippen LogP contribution in [0.25, 0.3) is 5.57 Å². The van der Waals surface area contributed by atoms with E-state index in [4.69, 9.17) is 0 Å². The molecule has 0 unspecified atom stereocenters. The molecule has 0 N–H and O–H groups in total. The quantitative estimate of drug-likeness (QED) is 0.637. The van der Waals surface area contributed by atoms with Crippen LogP contribution in [0.2, 0.25) is 0 Å². The number of halogens is 3. The van der Waals surface area contributed by atoms with E-state index in [-0.39, 0.29) is 11.1 Å². The van der Waals surface area contributed by atoms with Crippen molar-refractivity contribution in [1.82, 2.24) is 0 Å². The van der Waals surface area contributed by atoms with Crippen LogP contribution in [0.1, 0.15) is 18.1 Å². The molecular formula is C10H7F3O. The Morgan fingerprint density at radius 2 is 2.00 bits per heavy atom. The van der Waals surface area contributed by atoms with Gasteiger partial charge in [-0.1, -0.05) is 12.1 Å². The summed E-state index contributed by atoms with van der Waals surface area (Å²) in [6.45, 7) is 1.42. The van der Waals surface area contributed by atoms with Gasteiger partial charge in [-0.25, -0.2) is 4.79 Å². The molecule has 0 saturated heterocycles. The molecule has 4 heteroatoms. The van der Waals surface area contributed by atoms with Crippen LogP contribution in [0.3, 0.4) is 0 Å². The lowest BCUT2D eigenvalue weighted by Gasteiger charge is -2.07. The highest BCUT2D eigenvalue weighted by atomic mass is 19.4. The predicted octanol–water partition coefficient (Wildman–Crippen LogP) is 2.94. The third kappa shape index (κ3) is 2.24. The molecule has 0 aromatic heterocycles. The Kier molecular flexibility index (Phi) is 2.77. The Balaban J connectivity index is 3.21. The van der Waals surface area contributed by atoms with Gasteiger partial charge in [-0.15, -0.1) is 0 Å². The second-order valence-electron chi connectivity index (χ2n) is 2.81. The summed E-state index contributed by atoms with van der Waals surface area (Å²) in [7, 11) is 0. The SMILES string of the molecule is CC(=C=O)c1cccc(C(F)(F)F)c1. The van der Waals surface area contributed by atoms with E-state index < -0.39 is 11.7 Å². The van der Waals surface area contributed by atoms with Crippen LogP contribution in [0.4, 0.5) is 13.2 Å². The first-order valence-corrected chi connectivity index (χ1v) is 3.84. The van der Waals surface area contributed by atoms with Crippen molar-refractivity contribution in [2.45, 2.75) is 13.1 Å². The highest BCUT2D eigenvalue weighted by molar-refractivity contribution is 5.86. The fourth-order valence-electron chi connectivity index (χ4n) is 0.988. The maximum Gasteiger partial charge on any atom is 0.416 e. The van der Waals surface area contributed by atoms with Crippen molar-refractivity contribution in [3.8, 4) is 0 Å². The molecule has 0 heterocycles. The van der Waals surface area contributed by atoms with Crippen LogP contribution in [0, 0.1) is 0 Å². The fourth-order valence-corrected chi connectivity index (χ4v) is 0.988. The lowest BCUT2D eigenvalue weighted by molar-refractivity contribution is -0.137. The zero-order chi connectivity index (χ0) is 10.8. The summed E-state index contributed by atoms with van der Waals surface area (Å²) in [6, 6.07) is 4.59. The van der Waals surface area contributed by atoms with E-state index in [0.717, 1.165) is 12.1 Å². The molecule has 0 atom stereocenters. The first-order valence-electron chi connectivity index (χ1n) is 3.84. The summed E-state index contributed by atoms with van der Waals surface area (Å²) in [6.07, 6.45) is -4.38. The maximum atomic E-state index is 12.2. The number of alkyl halides is 3. The number of benzene rings is 1. The predicted molar refractivity (Wildman–Crippen MR) is 46.2 cm³/mol. The molecule has 0 radical (unpaired) electrons. The number of hydrogen-bond donors (Lipinski definition) is 0. The average Bonchev–Trinajstić information content (AvgIpc) is 2.15. The number of hydrogen-bond acceptors (Lipinski definition) is 1. The normalized spacial score (nSPS) is 10.9. The number of allylic oxidation sites excluding steroid dienone is 1. The second-order valence-corrected chi connectivity index (χ2v) is 2.81. The van der Waals surface area contributed by atoms with Gasteiger partial charge in [-0.2, -0.15) is 13.2 Å². The van der Waals surface area contributed by atoms with E-state index in [1.165, 1.54) is 19.1 Å².